The molecular formula is C17H26N2O2. The first-order valence-corrected chi connectivity index (χ1v) is 7.96. The summed E-state index contributed by atoms with van der Waals surface area (Å²) in [6, 6.07) is 7.88. The number of hydrogen-bond donors (Lipinski definition) is 2. The Balaban J connectivity index is 1.99. The number of aliphatic hydroxyl groups is 1. The molecule has 1 saturated carbocycles. The quantitative estimate of drug-likeness (QED) is 0.846. The Morgan fingerprint density at radius 3 is 2.48 bits per heavy atom. The Morgan fingerprint density at radius 2 is 1.90 bits per heavy atom. The van der Waals surface area contributed by atoms with Crippen molar-refractivity contribution in [2.75, 3.05) is 24.6 Å². The Labute approximate surface area is 127 Å². The van der Waals surface area contributed by atoms with E-state index < -0.39 is 0 Å². The predicted octanol–water partition coefficient (Wildman–Crippen LogP) is 2.42. The second kappa shape index (κ2) is 7.46. The number of aliphatic hydroxyl groups excluding tert-OH is 1. The average Bonchev–Trinajstić information content (AvgIpc) is 2.96. The second-order valence-corrected chi connectivity index (χ2v) is 5.67. The van der Waals surface area contributed by atoms with E-state index in [0.29, 0.717) is 5.56 Å². The third kappa shape index (κ3) is 3.76. The van der Waals surface area contributed by atoms with Crippen LogP contribution in [0.3, 0.4) is 0 Å². The van der Waals surface area contributed by atoms with E-state index in [2.05, 4.69) is 24.1 Å². The number of anilines is 1. The lowest BCUT2D eigenvalue weighted by atomic mass is 10.0. The molecule has 4 nitrogen and oxygen atoms in total. The van der Waals surface area contributed by atoms with E-state index >= 15 is 0 Å². The molecule has 0 aromatic heterocycles. The minimum absolute atomic E-state index is 0.0357. The highest BCUT2D eigenvalue weighted by atomic mass is 16.3. The standard InChI is InChI=1S/C17H26N2O2/c1-3-19(4-2)15-10-8-13(9-11-15)17(21)18-16-7-5-6-14(16)12-20/h8-11,14,16,20H,3-7,12H2,1-2H3,(H,18,21). The molecular weight excluding hydrogens is 264 g/mol. The van der Waals surface area contributed by atoms with Gasteiger partial charge in [-0.05, 0) is 51.0 Å². The Morgan fingerprint density at radius 1 is 1.24 bits per heavy atom. The van der Waals surface area contributed by atoms with Gasteiger partial charge in [0.1, 0.15) is 0 Å². The van der Waals surface area contributed by atoms with Gasteiger partial charge in [-0.2, -0.15) is 0 Å². The van der Waals surface area contributed by atoms with Crippen molar-refractivity contribution in [1.29, 1.82) is 0 Å². The molecule has 0 aliphatic heterocycles. The van der Waals surface area contributed by atoms with Crippen LogP contribution in [-0.2, 0) is 0 Å². The van der Waals surface area contributed by atoms with Crippen LogP contribution in [0.5, 0.6) is 0 Å². The van der Waals surface area contributed by atoms with Gasteiger partial charge in [0.05, 0.1) is 0 Å². The van der Waals surface area contributed by atoms with Crippen LogP contribution >= 0.6 is 0 Å². The van der Waals surface area contributed by atoms with E-state index in [9.17, 15) is 9.90 Å². The van der Waals surface area contributed by atoms with E-state index in [0.717, 1.165) is 38.0 Å². The maximum atomic E-state index is 12.3. The first-order valence-electron chi connectivity index (χ1n) is 7.96. The largest absolute Gasteiger partial charge is 0.396 e. The molecule has 0 radical (unpaired) electrons. The third-order valence-corrected chi connectivity index (χ3v) is 4.47. The van der Waals surface area contributed by atoms with E-state index in [1.807, 2.05) is 24.3 Å². The lowest BCUT2D eigenvalue weighted by Gasteiger charge is -2.22. The van der Waals surface area contributed by atoms with Crippen molar-refractivity contribution in [3.8, 4) is 0 Å². The molecule has 2 rings (SSSR count). The second-order valence-electron chi connectivity index (χ2n) is 5.67. The maximum Gasteiger partial charge on any atom is 0.251 e. The number of nitrogens with zero attached hydrogens (tertiary/aromatic N) is 1. The topological polar surface area (TPSA) is 52.6 Å². The Kier molecular flexibility index (Phi) is 5.62. The summed E-state index contributed by atoms with van der Waals surface area (Å²) >= 11 is 0. The fraction of sp³-hybridized carbons (Fsp3) is 0.588. The summed E-state index contributed by atoms with van der Waals surface area (Å²) in [5, 5.41) is 12.4. The fourth-order valence-electron chi connectivity index (χ4n) is 3.11. The molecule has 4 heteroatoms. The van der Waals surface area contributed by atoms with Crippen molar-refractivity contribution in [3.63, 3.8) is 0 Å². The van der Waals surface area contributed by atoms with Crippen LogP contribution < -0.4 is 10.2 Å². The molecule has 21 heavy (non-hydrogen) atoms. The zero-order valence-corrected chi connectivity index (χ0v) is 13.0. The lowest BCUT2D eigenvalue weighted by molar-refractivity contribution is 0.0916. The summed E-state index contributed by atoms with van der Waals surface area (Å²) in [4.78, 5) is 14.5. The van der Waals surface area contributed by atoms with Crippen molar-refractivity contribution in [2.45, 2.75) is 39.2 Å². The molecule has 1 aliphatic rings. The summed E-state index contributed by atoms with van der Waals surface area (Å²) in [6.45, 7) is 6.33. The smallest absolute Gasteiger partial charge is 0.251 e. The van der Waals surface area contributed by atoms with Crippen molar-refractivity contribution < 1.29 is 9.90 Å². The maximum absolute atomic E-state index is 12.3. The van der Waals surface area contributed by atoms with E-state index in [4.69, 9.17) is 0 Å². The number of carbonyl (C=O) groups is 1. The van der Waals surface area contributed by atoms with Crippen LogP contribution in [0.15, 0.2) is 24.3 Å². The first kappa shape index (κ1) is 15.8. The van der Waals surface area contributed by atoms with E-state index in [-0.39, 0.29) is 24.5 Å². The van der Waals surface area contributed by atoms with Gasteiger partial charge in [0, 0.05) is 42.9 Å². The van der Waals surface area contributed by atoms with E-state index in [1.165, 1.54) is 0 Å². The van der Waals surface area contributed by atoms with Gasteiger partial charge in [-0.3, -0.25) is 4.79 Å². The molecule has 0 bridgehead atoms. The van der Waals surface area contributed by atoms with Crippen molar-refractivity contribution in [3.05, 3.63) is 29.8 Å². The van der Waals surface area contributed by atoms with Gasteiger partial charge in [0.25, 0.3) is 5.91 Å². The normalized spacial score (nSPS) is 21.3. The van der Waals surface area contributed by atoms with Crippen molar-refractivity contribution >= 4 is 11.6 Å². The van der Waals surface area contributed by atoms with Gasteiger partial charge in [-0.15, -0.1) is 0 Å². The van der Waals surface area contributed by atoms with Crippen LogP contribution in [0.4, 0.5) is 5.69 Å². The Hall–Kier alpha value is -1.55. The van der Waals surface area contributed by atoms with Crippen molar-refractivity contribution in [2.24, 2.45) is 5.92 Å². The summed E-state index contributed by atoms with van der Waals surface area (Å²) in [5.74, 6) is 0.176. The monoisotopic (exact) mass is 290 g/mol. The zero-order valence-electron chi connectivity index (χ0n) is 13.0. The molecule has 0 spiro atoms. The Bertz CT molecular complexity index is 454. The fourth-order valence-corrected chi connectivity index (χ4v) is 3.11. The predicted molar refractivity (Wildman–Crippen MR) is 85.7 cm³/mol. The summed E-state index contributed by atoms with van der Waals surface area (Å²) in [7, 11) is 0. The molecule has 2 unspecified atom stereocenters. The summed E-state index contributed by atoms with van der Waals surface area (Å²) < 4.78 is 0. The minimum atomic E-state index is -0.0357. The molecule has 0 saturated heterocycles. The molecule has 1 aliphatic carbocycles. The highest BCUT2D eigenvalue weighted by Crippen LogP contribution is 2.25. The van der Waals surface area contributed by atoms with Gasteiger partial charge in [0.2, 0.25) is 0 Å². The van der Waals surface area contributed by atoms with Crippen LogP contribution in [0.1, 0.15) is 43.5 Å². The third-order valence-electron chi connectivity index (χ3n) is 4.47. The van der Waals surface area contributed by atoms with Crippen LogP contribution in [-0.4, -0.2) is 36.8 Å². The van der Waals surface area contributed by atoms with Gasteiger partial charge < -0.3 is 15.3 Å². The number of hydrogen-bond acceptors (Lipinski definition) is 3. The van der Waals surface area contributed by atoms with Gasteiger partial charge in [-0.25, -0.2) is 0 Å². The summed E-state index contributed by atoms with van der Waals surface area (Å²) in [6.07, 6.45) is 3.05. The minimum Gasteiger partial charge on any atom is -0.396 e. The molecule has 1 fully saturated rings. The van der Waals surface area contributed by atoms with Gasteiger partial charge in [-0.1, -0.05) is 6.42 Å². The summed E-state index contributed by atoms with van der Waals surface area (Å²) in [5.41, 5.74) is 1.83. The van der Waals surface area contributed by atoms with Gasteiger partial charge in [0.15, 0.2) is 0 Å². The first-order chi connectivity index (χ1) is 10.2. The highest BCUT2D eigenvalue weighted by molar-refractivity contribution is 5.94. The van der Waals surface area contributed by atoms with Crippen LogP contribution in [0.2, 0.25) is 0 Å². The highest BCUT2D eigenvalue weighted by Gasteiger charge is 2.28. The average molecular weight is 290 g/mol. The number of nitrogens with one attached hydrogen (secondary N) is 1. The molecule has 1 aromatic carbocycles. The number of benzene rings is 1. The molecule has 0 heterocycles. The van der Waals surface area contributed by atoms with Crippen LogP contribution in [0, 0.1) is 5.92 Å². The van der Waals surface area contributed by atoms with Crippen molar-refractivity contribution in [1.82, 2.24) is 5.32 Å². The number of amides is 1. The van der Waals surface area contributed by atoms with Gasteiger partial charge >= 0.3 is 0 Å². The molecule has 1 aromatic rings. The number of carbonyl (C=O) groups excluding carboxylic acids is 1. The molecule has 2 N–H and O–H groups in total. The molecule has 116 valence electrons. The SMILES string of the molecule is CCN(CC)c1ccc(C(=O)NC2CCCC2CO)cc1. The van der Waals surface area contributed by atoms with E-state index in [1.54, 1.807) is 0 Å². The van der Waals surface area contributed by atoms with Crippen LogP contribution in [0.25, 0.3) is 0 Å². The lowest BCUT2D eigenvalue weighted by Crippen LogP contribution is -2.38. The molecule has 1 amide bonds. The zero-order chi connectivity index (χ0) is 15.2. The molecule has 2 atom stereocenters. The number of rotatable bonds is 6.